The highest BCUT2D eigenvalue weighted by Gasteiger charge is 2.36. The van der Waals surface area contributed by atoms with Crippen LogP contribution in [-0.4, -0.2) is 22.7 Å². The Balaban J connectivity index is 1.54. The summed E-state index contributed by atoms with van der Waals surface area (Å²) in [6.45, 7) is 2.14. The molecule has 0 aliphatic carbocycles. The van der Waals surface area contributed by atoms with Crippen molar-refractivity contribution in [3.63, 3.8) is 0 Å². The largest absolute Gasteiger partial charge is 0.490 e. The lowest BCUT2D eigenvalue weighted by molar-refractivity contribution is -0.123. The summed E-state index contributed by atoms with van der Waals surface area (Å²) in [6.07, 6.45) is 1.57. The summed E-state index contributed by atoms with van der Waals surface area (Å²) >= 11 is 6.83. The minimum absolute atomic E-state index is 0.0841. The van der Waals surface area contributed by atoms with Gasteiger partial charge in [-0.3, -0.25) is 14.5 Å². The van der Waals surface area contributed by atoms with E-state index in [4.69, 9.17) is 21.1 Å². The van der Waals surface area contributed by atoms with E-state index in [1.54, 1.807) is 36.4 Å². The van der Waals surface area contributed by atoms with Crippen LogP contribution in [0.3, 0.4) is 0 Å². The zero-order valence-electron chi connectivity index (χ0n) is 19.2. The van der Waals surface area contributed by atoms with E-state index in [1.165, 1.54) is 18.2 Å². The Hall–Kier alpha value is -3.80. The average Bonchev–Trinajstić information content (AvgIpc) is 3.13. The first-order valence-corrected chi connectivity index (χ1v) is 12.2. The minimum atomic E-state index is -0.583. The molecule has 182 valence electrons. The molecule has 0 bridgehead atoms. The van der Waals surface area contributed by atoms with Gasteiger partial charge in [-0.05, 0) is 60.7 Å². The monoisotopic (exact) mass is 522 g/mol. The molecule has 1 fully saturated rings. The van der Waals surface area contributed by atoms with Crippen molar-refractivity contribution in [3.8, 4) is 17.6 Å². The second-order valence-electron chi connectivity index (χ2n) is 7.66. The Morgan fingerprint density at radius 2 is 1.89 bits per heavy atom. The fraction of sp³-hybridized carbons (Fsp3) is 0.148. The van der Waals surface area contributed by atoms with Crippen molar-refractivity contribution >= 4 is 40.6 Å². The van der Waals surface area contributed by atoms with Crippen molar-refractivity contribution in [1.29, 1.82) is 5.26 Å². The number of rotatable bonds is 8. The van der Waals surface area contributed by atoms with Gasteiger partial charge in [0.15, 0.2) is 11.5 Å². The van der Waals surface area contributed by atoms with Crippen molar-refractivity contribution in [1.82, 2.24) is 4.90 Å². The normalized spacial score (nSPS) is 14.3. The Kier molecular flexibility index (Phi) is 7.93. The molecule has 0 spiro atoms. The Bertz CT molecular complexity index is 1380. The maximum Gasteiger partial charge on any atom is 0.293 e. The van der Waals surface area contributed by atoms with E-state index >= 15 is 0 Å². The number of thioether (sulfide) groups is 1. The highest BCUT2D eigenvalue weighted by Crippen LogP contribution is 2.36. The SMILES string of the molecule is CCOc1cc(/C=C2\SC(=O)N(Cc3c(F)cccc3Cl)C2=O)ccc1OCc1ccccc1C#N. The van der Waals surface area contributed by atoms with E-state index in [2.05, 4.69) is 6.07 Å². The maximum atomic E-state index is 14.2. The quantitative estimate of drug-likeness (QED) is 0.311. The molecule has 0 radical (unpaired) electrons. The predicted octanol–water partition coefficient (Wildman–Crippen LogP) is 6.56. The average molecular weight is 523 g/mol. The third-order valence-corrected chi connectivity index (χ3v) is 6.60. The number of halogens is 2. The molecule has 0 saturated carbocycles. The van der Waals surface area contributed by atoms with Crippen LogP contribution in [0, 0.1) is 17.1 Å². The first-order valence-electron chi connectivity index (χ1n) is 11.0. The zero-order valence-corrected chi connectivity index (χ0v) is 20.7. The summed E-state index contributed by atoms with van der Waals surface area (Å²) in [4.78, 5) is 26.6. The Morgan fingerprint density at radius 3 is 2.64 bits per heavy atom. The fourth-order valence-electron chi connectivity index (χ4n) is 3.54. The molecule has 3 aromatic carbocycles. The lowest BCUT2D eigenvalue weighted by Crippen LogP contribution is -2.28. The Labute approximate surface area is 216 Å². The minimum Gasteiger partial charge on any atom is -0.490 e. The zero-order chi connectivity index (χ0) is 25.7. The molecule has 6 nitrogen and oxygen atoms in total. The molecule has 2 amide bonds. The standard InChI is InChI=1S/C27H20ClFN2O4S/c1-2-34-24-12-17(10-11-23(24)35-16-19-7-4-3-6-18(19)14-30)13-25-26(32)31(27(33)36-25)15-20-21(28)8-5-9-22(20)29/h3-13H,2,15-16H2,1H3/b25-13-. The van der Waals surface area contributed by atoms with E-state index in [-0.39, 0.29) is 28.6 Å². The number of carbonyl (C=O) groups excluding carboxylic acids is 2. The molecule has 0 atom stereocenters. The molecule has 1 heterocycles. The summed E-state index contributed by atoms with van der Waals surface area (Å²) in [7, 11) is 0. The van der Waals surface area contributed by atoms with Crippen LogP contribution in [0.15, 0.2) is 65.6 Å². The smallest absolute Gasteiger partial charge is 0.293 e. The molecule has 0 N–H and O–H groups in total. The van der Waals surface area contributed by atoms with Gasteiger partial charge in [-0.25, -0.2) is 4.39 Å². The van der Waals surface area contributed by atoms with Crippen LogP contribution in [0.4, 0.5) is 9.18 Å². The van der Waals surface area contributed by atoms with Gasteiger partial charge < -0.3 is 9.47 Å². The van der Waals surface area contributed by atoms with Crippen molar-refractivity contribution < 1.29 is 23.5 Å². The van der Waals surface area contributed by atoms with Crippen LogP contribution in [-0.2, 0) is 17.9 Å². The van der Waals surface area contributed by atoms with E-state index in [0.29, 0.717) is 29.2 Å². The van der Waals surface area contributed by atoms with Gasteiger partial charge in [0, 0.05) is 16.1 Å². The van der Waals surface area contributed by atoms with E-state index in [0.717, 1.165) is 22.2 Å². The lowest BCUT2D eigenvalue weighted by atomic mass is 10.1. The fourth-order valence-corrected chi connectivity index (χ4v) is 4.60. The van der Waals surface area contributed by atoms with Crippen molar-refractivity contribution in [3.05, 3.63) is 98.7 Å². The second kappa shape index (κ2) is 11.3. The number of carbonyl (C=O) groups is 2. The van der Waals surface area contributed by atoms with Crippen LogP contribution in [0.1, 0.15) is 29.2 Å². The van der Waals surface area contributed by atoms with Gasteiger partial charge in [-0.15, -0.1) is 0 Å². The van der Waals surface area contributed by atoms with Gasteiger partial charge in [0.05, 0.1) is 29.7 Å². The molecule has 0 aromatic heterocycles. The van der Waals surface area contributed by atoms with Crippen LogP contribution in [0.2, 0.25) is 5.02 Å². The van der Waals surface area contributed by atoms with Gasteiger partial charge in [0.1, 0.15) is 12.4 Å². The van der Waals surface area contributed by atoms with Crippen LogP contribution >= 0.6 is 23.4 Å². The predicted molar refractivity (Wildman–Crippen MR) is 136 cm³/mol. The van der Waals surface area contributed by atoms with Crippen LogP contribution < -0.4 is 9.47 Å². The van der Waals surface area contributed by atoms with Gasteiger partial charge in [0.2, 0.25) is 0 Å². The van der Waals surface area contributed by atoms with Crippen LogP contribution in [0.25, 0.3) is 6.08 Å². The number of hydrogen-bond acceptors (Lipinski definition) is 6. The third kappa shape index (κ3) is 5.54. The Morgan fingerprint density at radius 1 is 1.08 bits per heavy atom. The van der Waals surface area contributed by atoms with Gasteiger partial charge in [-0.2, -0.15) is 5.26 Å². The van der Waals surface area contributed by atoms with Crippen molar-refractivity contribution in [2.45, 2.75) is 20.1 Å². The molecule has 36 heavy (non-hydrogen) atoms. The first-order chi connectivity index (χ1) is 17.4. The molecule has 1 aliphatic rings. The highest BCUT2D eigenvalue weighted by molar-refractivity contribution is 8.18. The number of hydrogen-bond donors (Lipinski definition) is 0. The van der Waals surface area contributed by atoms with Gasteiger partial charge in [-0.1, -0.05) is 41.9 Å². The third-order valence-electron chi connectivity index (χ3n) is 5.34. The number of benzene rings is 3. The number of amides is 2. The molecule has 0 unspecified atom stereocenters. The molecule has 1 aliphatic heterocycles. The number of ether oxygens (including phenoxy) is 2. The number of nitrogens with zero attached hydrogens (tertiary/aromatic N) is 2. The molecule has 9 heteroatoms. The van der Waals surface area contributed by atoms with Crippen molar-refractivity contribution in [2.75, 3.05) is 6.61 Å². The van der Waals surface area contributed by atoms with E-state index in [1.807, 2.05) is 19.1 Å². The second-order valence-corrected chi connectivity index (χ2v) is 9.07. The maximum absolute atomic E-state index is 14.2. The molecular weight excluding hydrogens is 503 g/mol. The highest BCUT2D eigenvalue weighted by atomic mass is 35.5. The first kappa shape index (κ1) is 25.3. The molecule has 1 saturated heterocycles. The summed E-state index contributed by atoms with van der Waals surface area (Å²) in [5.74, 6) is -0.183. The number of nitriles is 1. The molecule has 3 aromatic rings. The van der Waals surface area contributed by atoms with Crippen molar-refractivity contribution in [2.24, 2.45) is 0 Å². The lowest BCUT2D eigenvalue weighted by Gasteiger charge is -2.14. The van der Waals surface area contributed by atoms with Gasteiger partial charge >= 0.3 is 0 Å². The van der Waals surface area contributed by atoms with E-state index < -0.39 is 17.0 Å². The van der Waals surface area contributed by atoms with Gasteiger partial charge in [0.25, 0.3) is 11.1 Å². The topological polar surface area (TPSA) is 79.6 Å². The molecular formula is C27H20ClFN2O4S. The molecule has 4 rings (SSSR count). The van der Waals surface area contributed by atoms with E-state index in [9.17, 15) is 19.2 Å². The summed E-state index contributed by atoms with van der Waals surface area (Å²) in [5, 5.41) is 8.91. The summed E-state index contributed by atoms with van der Waals surface area (Å²) in [5.41, 5.74) is 1.98. The summed E-state index contributed by atoms with van der Waals surface area (Å²) < 4.78 is 25.8. The number of imide groups is 1. The summed E-state index contributed by atoms with van der Waals surface area (Å²) in [6, 6.07) is 18.6. The van der Waals surface area contributed by atoms with Crippen LogP contribution in [0.5, 0.6) is 11.5 Å².